The number of rotatable bonds is 3. The molecule has 0 amide bonds. The SMILES string of the molecule is CC(Nc1ccnc2c(N)cccc12)c1ccc(Cl)s1. The van der Waals surface area contributed by atoms with E-state index in [1.54, 1.807) is 17.5 Å². The molecule has 0 radical (unpaired) electrons. The van der Waals surface area contributed by atoms with Crippen molar-refractivity contribution < 1.29 is 0 Å². The van der Waals surface area contributed by atoms with Crippen molar-refractivity contribution in [2.75, 3.05) is 11.1 Å². The monoisotopic (exact) mass is 303 g/mol. The van der Waals surface area contributed by atoms with Crippen molar-refractivity contribution in [2.24, 2.45) is 0 Å². The van der Waals surface area contributed by atoms with Crippen LogP contribution in [0.4, 0.5) is 11.4 Å². The maximum absolute atomic E-state index is 5.99. The highest BCUT2D eigenvalue weighted by Crippen LogP contribution is 2.32. The van der Waals surface area contributed by atoms with Crippen molar-refractivity contribution in [3.8, 4) is 0 Å². The molecule has 102 valence electrons. The molecular weight excluding hydrogens is 290 g/mol. The Kier molecular flexibility index (Phi) is 3.51. The number of anilines is 2. The van der Waals surface area contributed by atoms with Crippen LogP contribution in [0.1, 0.15) is 17.8 Å². The maximum atomic E-state index is 5.99. The fraction of sp³-hybridized carbons (Fsp3) is 0.133. The predicted molar refractivity (Wildman–Crippen MR) is 87.5 cm³/mol. The van der Waals surface area contributed by atoms with Crippen LogP contribution in [0.2, 0.25) is 4.34 Å². The third-order valence-corrected chi connectivity index (χ3v) is 4.61. The van der Waals surface area contributed by atoms with Crippen molar-refractivity contribution in [2.45, 2.75) is 13.0 Å². The molecule has 2 aromatic heterocycles. The van der Waals surface area contributed by atoms with Gasteiger partial charge < -0.3 is 11.1 Å². The second-order valence-electron chi connectivity index (χ2n) is 4.61. The standard InChI is InChI=1S/C15H14ClN3S/c1-9(13-5-6-14(16)20-13)19-12-7-8-18-15-10(12)3-2-4-11(15)17/h2-9H,17H2,1H3,(H,18,19). The summed E-state index contributed by atoms with van der Waals surface area (Å²) in [4.78, 5) is 5.54. The fourth-order valence-electron chi connectivity index (χ4n) is 2.19. The summed E-state index contributed by atoms with van der Waals surface area (Å²) in [6, 6.07) is 11.9. The lowest BCUT2D eigenvalue weighted by molar-refractivity contribution is 0.910. The first kappa shape index (κ1) is 13.2. The second-order valence-corrected chi connectivity index (χ2v) is 6.36. The van der Waals surface area contributed by atoms with Gasteiger partial charge >= 0.3 is 0 Å². The van der Waals surface area contributed by atoms with E-state index in [0.717, 1.165) is 20.9 Å². The maximum Gasteiger partial charge on any atom is 0.0951 e. The fourth-order valence-corrected chi connectivity index (χ4v) is 3.25. The van der Waals surface area contributed by atoms with E-state index in [1.165, 1.54) is 4.88 Å². The molecule has 3 N–H and O–H groups in total. The minimum atomic E-state index is 0.180. The Bertz CT molecular complexity index is 754. The Morgan fingerprint density at radius 3 is 2.85 bits per heavy atom. The summed E-state index contributed by atoms with van der Waals surface area (Å²) in [5.41, 5.74) is 8.51. The summed E-state index contributed by atoms with van der Waals surface area (Å²) >= 11 is 7.57. The Morgan fingerprint density at radius 2 is 2.10 bits per heavy atom. The Labute approximate surface area is 126 Å². The minimum absolute atomic E-state index is 0.180. The van der Waals surface area contributed by atoms with Gasteiger partial charge in [-0.3, -0.25) is 4.98 Å². The number of nitrogens with one attached hydrogen (secondary N) is 1. The minimum Gasteiger partial charge on any atom is -0.397 e. The molecule has 2 heterocycles. The number of hydrogen-bond donors (Lipinski definition) is 2. The number of para-hydroxylation sites is 1. The van der Waals surface area contributed by atoms with Crippen molar-refractivity contribution in [1.29, 1.82) is 0 Å². The molecule has 3 nitrogen and oxygen atoms in total. The zero-order chi connectivity index (χ0) is 14.1. The van der Waals surface area contributed by atoms with Gasteiger partial charge in [0, 0.05) is 22.1 Å². The van der Waals surface area contributed by atoms with Crippen LogP contribution in [-0.4, -0.2) is 4.98 Å². The molecular formula is C15H14ClN3S. The summed E-state index contributed by atoms with van der Waals surface area (Å²) < 4.78 is 0.803. The van der Waals surface area contributed by atoms with Crippen LogP contribution in [0, 0.1) is 0 Å². The highest BCUT2D eigenvalue weighted by Gasteiger charge is 2.10. The highest BCUT2D eigenvalue weighted by molar-refractivity contribution is 7.16. The van der Waals surface area contributed by atoms with Gasteiger partial charge in [0.1, 0.15) is 0 Å². The molecule has 0 aliphatic rings. The molecule has 0 saturated carbocycles. The van der Waals surface area contributed by atoms with Gasteiger partial charge in [-0.1, -0.05) is 23.7 Å². The molecule has 0 saturated heterocycles. The number of hydrogen-bond acceptors (Lipinski definition) is 4. The molecule has 1 unspecified atom stereocenters. The van der Waals surface area contributed by atoms with Crippen LogP contribution < -0.4 is 11.1 Å². The van der Waals surface area contributed by atoms with E-state index < -0.39 is 0 Å². The molecule has 1 aromatic carbocycles. The molecule has 0 bridgehead atoms. The van der Waals surface area contributed by atoms with Gasteiger partial charge in [0.25, 0.3) is 0 Å². The highest BCUT2D eigenvalue weighted by atomic mass is 35.5. The quantitative estimate of drug-likeness (QED) is 0.689. The molecule has 5 heteroatoms. The van der Waals surface area contributed by atoms with Crippen molar-refractivity contribution in [1.82, 2.24) is 4.98 Å². The number of fused-ring (bicyclic) bond motifs is 1. The van der Waals surface area contributed by atoms with E-state index in [4.69, 9.17) is 17.3 Å². The largest absolute Gasteiger partial charge is 0.397 e. The molecule has 20 heavy (non-hydrogen) atoms. The van der Waals surface area contributed by atoms with E-state index in [0.29, 0.717) is 5.69 Å². The first-order chi connectivity index (χ1) is 9.65. The van der Waals surface area contributed by atoms with Crippen LogP contribution in [0.3, 0.4) is 0 Å². The summed E-state index contributed by atoms with van der Waals surface area (Å²) in [5.74, 6) is 0. The molecule has 0 spiro atoms. The molecule has 0 fully saturated rings. The predicted octanol–water partition coefficient (Wildman–Crippen LogP) is 4.71. The van der Waals surface area contributed by atoms with Crippen molar-refractivity contribution >= 4 is 45.2 Å². The average Bonchev–Trinajstić information content (AvgIpc) is 2.87. The number of thiophene rings is 1. The smallest absolute Gasteiger partial charge is 0.0951 e. The lowest BCUT2D eigenvalue weighted by Crippen LogP contribution is -2.05. The van der Waals surface area contributed by atoms with Gasteiger partial charge in [-0.25, -0.2) is 0 Å². The first-order valence-electron chi connectivity index (χ1n) is 6.30. The zero-order valence-electron chi connectivity index (χ0n) is 10.9. The molecule has 3 aromatic rings. The van der Waals surface area contributed by atoms with E-state index in [2.05, 4.69) is 17.2 Å². The normalized spacial score (nSPS) is 12.5. The summed E-state index contributed by atoms with van der Waals surface area (Å²) in [6.07, 6.45) is 1.77. The zero-order valence-corrected chi connectivity index (χ0v) is 12.5. The Morgan fingerprint density at radius 1 is 1.25 bits per heavy atom. The number of nitrogens with two attached hydrogens (primary N) is 1. The van der Waals surface area contributed by atoms with E-state index in [9.17, 15) is 0 Å². The topological polar surface area (TPSA) is 50.9 Å². The molecule has 1 atom stereocenters. The van der Waals surface area contributed by atoms with Gasteiger partial charge in [-0.05, 0) is 31.2 Å². The Hall–Kier alpha value is -1.78. The lowest BCUT2D eigenvalue weighted by atomic mass is 10.1. The van der Waals surface area contributed by atoms with Crippen LogP contribution >= 0.6 is 22.9 Å². The van der Waals surface area contributed by atoms with Crippen LogP contribution in [-0.2, 0) is 0 Å². The van der Waals surface area contributed by atoms with Gasteiger partial charge in [-0.2, -0.15) is 0 Å². The molecule has 0 aliphatic carbocycles. The first-order valence-corrected chi connectivity index (χ1v) is 7.49. The summed E-state index contributed by atoms with van der Waals surface area (Å²) in [7, 11) is 0. The number of halogens is 1. The van der Waals surface area contributed by atoms with Crippen LogP contribution in [0.25, 0.3) is 10.9 Å². The molecule has 0 aliphatic heterocycles. The third-order valence-electron chi connectivity index (χ3n) is 3.20. The van der Waals surface area contributed by atoms with Gasteiger partial charge in [0.05, 0.1) is 21.6 Å². The number of benzene rings is 1. The number of pyridine rings is 1. The number of nitrogen functional groups attached to an aromatic ring is 1. The lowest BCUT2D eigenvalue weighted by Gasteiger charge is -2.15. The van der Waals surface area contributed by atoms with E-state index in [-0.39, 0.29) is 6.04 Å². The summed E-state index contributed by atoms with van der Waals surface area (Å²) in [5, 5.41) is 4.53. The molecule has 3 rings (SSSR count). The van der Waals surface area contributed by atoms with Gasteiger partial charge in [0.2, 0.25) is 0 Å². The van der Waals surface area contributed by atoms with E-state index >= 15 is 0 Å². The Balaban J connectivity index is 1.97. The van der Waals surface area contributed by atoms with Gasteiger partial charge in [0.15, 0.2) is 0 Å². The van der Waals surface area contributed by atoms with Crippen LogP contribution in [0.5, 0.6) is 0 Å². The summed E-state index contributed by atoms with van der Waals surface area (Å²) in [6.45, 7) is 2.11. The van der Waals surface area contributed by atoms with Crippen molar-refractivity contribution in [3.63, 3.8) is 0 Å². The number of nitrogens with zero attached hydrogens (tertiary/aromatic N) is 1. The average molecular weight is 304 g/mol. The van der Waals surface area contributed by atoms with Crippen molar-refractivity contribution in [3.05, 3.63) is 51.8 Å². The van der Waals surface area contributed by atoms with Gasteiger partial charge in [-0.15, -0.1) is 11.3 Å². The number of aromatic nitrogens is 1. The van der Waals surface area contributed by atoms with Crippen LogP contribution in [0.15, 0.2) is 42.6 Å². The second kappa shape index (κ2) is 5.31. The third kappa shape index (κ3) is 2.44. The van der Waals surface area contributed by atoms with E-state index in [1.807, 2.05) is 36.4 Å².